The van der Waals surface area contributed by atoms with Crippen LogP contribution >= 0.6 is 0 Å². The van der Waals surface area contributed by atoms with E-state index in [2.05, 4.69) is 19.1 Å². The molecular formula is C15H20N2O2. The Kier molecular flexibility index (Phi) is 3.09. The van der Waals surface area contributed by atoms with Gasteiger partial charge in [0.15, 0.2) is 0 Å². The van der Waals surface area contributed by atoms with E-state index in [9.17, 15) is 4.79 Å². The Bertz CT molecular complexity index is 475. The molecule has 1 aromatic rings. The van der Waals surface area contributed by atoms with Crippen LogP contribution in [0.1, 0.15) is 31.2 Å². The van der Waals surface area contributed by atoms with Crippen molar-refractivity contribution in [1.29, 1.82) is 0 Å². The van der Waals surface area contributed by atoms with Crippen molar-refractivity contribution >= 4 is 6.03 Å². The summed E-state index contributed by atoms with van der Waals surface area (Å²) in [6.07, 6.45) is 4.11. The molecule has 2 unspecified atom stereocenters. The molecule has 0 aromatic heterocycles. The van der Waals surface area contributed by atoms with E-state index in [1.165, 1.54) is 5.56 Å². The summed E-state index contributed by atoms with van der Waals surface area (Å²) in [5, 5.41) is 0. The number of benzene rings is 1. The van der Waals surface area contributed by atoms with Crippen LogP contribution in [0.2, 0.25) is 0 Å². The first kappa shape index (κ1) is 12.3. The number of nitrogens with zero attached hydrogens (tertiary/aromatic N) is 1. The maximum Gasteiger partial charge on any atom is 0.315 e. The minimum atomic E-state index is -0.276. The van der Waals surface area contributed by atoms with Crippen molar-refractivity contribution in [2.24, 2.45) is 5.73 Å². The molecule has 0 spiro atoms. The van der Waals surface area contributed by atoms with Crippen LogP contribution in [-0.4, -0.2) is 29.1 Å². The predicted octanol–water partition coefficient (Wildman–Crippen LogP) is 2.45. The molecule has 2 heterocycles. The topological polar surface area (TPSA) is 55.6 Å². The Morgan fingerprint density at radius 3 is 2.58 bits per heavy atom. The maximum atomic E-state index is 11.4. The third-order valence-corrected chi connectivity index (χ3v) is 4.24. The zero-order valence-corrected chi connectivity index (χ0v) is 11.2. The van der Waals surface area contributed by atoms with Crippen LogP contribution in [0.15, 0.2) is 24.3 Å². The number of amides is 2. The zero-order chi connectivity index (χ0) is 13.4. The lowest BCUT2D eigenvalue weighted by Crippen LogP contribution is -2.51. The van der Waals surface area contributed by atoms with Crippen LogP contribution in [-0.2, 0) is 0 Å². The van der Waals surface area contributed by atoms with E-state index in [1.54, 1.807) is 0 Å². The molecule has 2 saturated heterocycles. The second kappa shape index (κ2) is 4.76. The highest BCUT2D eigenvalue weighted by atomic mass is 16.5. The number of primary amides is 1. The molecule has 4 nitrogen and oxygen atoms in total. The van der Waals surface area contributed by atoms with E-state index >= 15 is 0 Å². The van der Waals surface area contributed by atoms with Gasteiger partial charge in [-0.3, -0.25) is 0 Å². The van der Waals surface area contributed by atoms with Gasteiger partial charge in [0.2, 0.25) is 0 Å². The van der Waals surface area contributed by atoms with E-state index in [0.29, 0.717) is 0 Å². The van der Waals surface area contributed by atoms with Crippen LogP contribution in [0.4, 0.5) is 4.79 Å². The van der Waals surface area contributed by atoms with Gasteiger partial charge in [0.1, 0.15) is 11.9 Å². The smallest absolute Gasteiger partial charge is 0.315 e. The van der Waals surface area contributed by atoms with Gasteiger partial charge in [-0.25, -0.2) is 4.79 Å². The summed E-state index contributed by atoms with van der Waals surface area (Å²) in [7, 11) is 0. The standard InChI is InChI=1S/C15H20N2O2/c1-10-3-2-4-13(7-10)19-14-8-11-5-6-12(9-14)17(11)15(16)18/h2-4,7,11-12,14H,5-6,8-9H2,1H3,(H2,16,18)/t11-,12?,14?/m0/s1. The molecule has 3 atom stereocenters. The highest BCUT2D eigenvalue weighted by molar-refractivity contribution is 5.73. The average molecular weight is 260 g/mol. The van der Waals surface area contributed by atoms with Gasteiger partial charge >= 0.3 is 6.03 Å². The minimum Gasteiger partial charge on any atom is -0.490 e. The molecular weight excluding hydrogens is 240 g/mol. The van der Waals surface area contributed by atoms with E-state index in [0.717, 1.165) is 31.4 Å². The number of piperidine rings is 1. The molecule has 19 heavy (non-hydrogen) atoms. The molecule has 0 saturated carbocycles. The van der Waals surface area contributed by atoms with E-state index < -0.39 is 0 Å². The zero-order valence-electron chi connectivity index (χ0n) is 11.2. The largest absolute Gasteiger partial charge is 0.490 e. The third kappa shape index (κ3) is 2.39. The van der Waals surface area contributed by atoms with Crippen LogP contribution in [0.3, 0.4) is 0 Å². The second-order valence-corrected chi connectivity index (χ2v) is 5.66. The summed E-state index contributed by atoms with van der Waals surface area (Å²) < 4.78 is 6.07. The second-order valence-electron chi connectivity index (χ2n) is 5.66. The van der Waals surface area contributed by atoms with E-state index in [-0.39, 0.29) is 24.2 Å². The molecule has 2 N–H and O–H groups in total. The number of aryl methyl sites for hydroxylation is 1. The van der Waals surface area contributed by atoms with Gasteiger partial charge in [0.25, 0.3) is 0 Å². The minimum absolute atomic E-state index is 0.204. The number of hydrogen-bond donors (Lipinski definition) is 1. The molecule has 2 amide bonds. The molecule has 0 radical (unpaired) electrons. The summed E-state index contributed by atoms with van der Waals surface area (Å²) >= 11 is 0. The van der Waals surface area contributed by atoms with Crippen molar-refractivity contribution in [1.82, 2.24) is 4.90 Å². The summed E-state index contributed by atoms with van der Waals surface area (Å²) in [6.45, 7) is 2.06. The molecule has 102 valence electrons. The molecule has 2 aliphatic rings. The van der Waals surface area contributed by atoms with Gasteiger partial charge in [-0.1, -0.05) is 12.1 Å². The number of carbonyl (C=O) groups is 1. The molecule has 2 aliphatic heterocycles. The summed E-state index contributed by atoms with van der Waals surface area (Å²) in [5.74, 6) is 0.928. The summed E-state index contributed by atoms with van der Waals surface area (Å²) in [6, 6.07) is 8.39. The van der Waals surface area contributed by atoms with Crippen molar-refractivity contribution < 1.29 is 9.53 Å². The number of rotatable bonds is 2. The number of nitrogens with two attached hydrogens (primary N) is 1. The first-order valence-corrected chi connectivity index (χ1v) is 6.94. The van der Waals surface area contributed by atoms with Crippen molar-refractivity contribution in [3.05, 3.63) is 29.8 Å². The van der Waals surface area contributed by atoms with Crippen LogP contribution in [0.25, 0.3) is 0 Å². The Hall–Kier alpha value is -1.71. The van der Waals surface area contributed by atoms with Gasteiger partial charge in [0, 0.05) is 24.9 Å². The molecule has 2 bridgehead atoms. The lowest BCUT2D eigenvalue weighted by molar-refractivity contribution is 0.0718. The fraction of sp³-hybridized carbons (Fsp3) is 0.533. The number of fused-ring (bicyclic) bond motifs is 2. The SMILES string of the molecule is Cc1cccc(OC2CC3CC[C@@H](C2)N3C(N)=O)c1. The summed E-state index contributed by atoms with van der Waals surface area (Å²) in [4.78, 5) is 13.3. The number of carbonyl (C=O) groups excluding carboxylic acids is 1. The highest BCUT2D eigenvalue weighted by Gasteiger charge is 2.43. The van der Waals surface area contributed by atoms with Gasteiger partial charge < -0.3 is 15.4 Å². The normalized spacial score (nSPS) is 29.3. The Balaban J connectivity index is 1.68. The molecule has 3 rings (SSSR count). The van der Waals surface area contributed by atoms with E-state index in [4.69, 9.17) is 10.5 Å². The number of hydrogen-bond acceptors (Lipinski definition) is 2. The quantitative estimate of drug-likeness (QED) is 0.888. The van der Waals surface area contributed by atoms with Crippen LogP contribution in [0.5, 0.6) is 5.75 Å². The summed E-state index contributed by atoms with van der Waals surface area (Å²) in [5.41, 5.74) is 6.66. The highest BCUT2D eigenvalue weighted by Crippen LogP contribution is 2.37. The lowest BCUT2D eigenvalue weighted by Gasteiger charge is -2.37. The first-order valence-electron chi connectivity index (χ1n) is 6.94. The number of ether oxygens (including phenoxy) is 1. The Morgan fingerprint density at radius 2 is 2.00 bits per heavy atom. The predicted molar refractivity (Wildman–Crippen MR) is 73.1 cm³/mol. The molecule has 2 fully saturated rings. The van der Waals surface area contributed by atoms with E-state index in [1.807, 2.05) is 17.0 Å². The Morgan fingerprint density at radius 1 is 1.32 bits per heavy atom. The molecule has 0 aliphatic carbocycles. The van der Waals surface area contributed by atoms with Gasteiger partial charge in [-0.2, -0.15) is 0 Å². The van der Waals surface area contributed by atoms with Gasteiger partial charge in [0.05, 0.1) is 0 Å². The number of urea groups is 1. The average Bonchev–Trinajstić information content (AvgIpc) is 2.62. The first-order chi connectivity index (χ1) is 9.13. The Labute approximate surface area is 113 Å². The van der Waals surface area contributed by atoms with Crippen molar-refractivity contribution in [2.45, 2.75) is 50.8 Å². The van der Waals surface area contributed by atoms with Crippen molar-refractivity contribution in [3.63, 3.8) is 0 Å². The van der Waals surface area contributed by atoms with Crippen molar-refractivity contribution in [3.8, 4) is 5.75 Å². The third-order valence-electron chi connectivity index (χ3n) is 4.24. The fourth-order valence-electron chi connectivity index (χ4n) is 3.46. The van der Waals surface area contributed by atoms with Gasteiger partial charge in [-0.05, 0) is 37.5 Å². The van der Waals surface area contributed by atoms with Crippen LogP contribution in [0, 0.1) is 6.92 Å². The van der Waals surface area contributed by atoms with Crippen LogP contribution < -0.4 is 10.5 Å². The van der Waals surface area contributed by atoms with Crippen molar-refractivity contribution in [2.75, 3.05) is 0 Å². The maximum absolute atomic E-state index is 11.4. The molecule has 1 aromatic carbocycles. The fourth-order valence-corrected chi connectivity index (χ4v) is 3.46. The van der Waals surface area contributed by atoms with Gasteiger partial charge in [-0.15, -0.1) is 0 Å². The molecule has 4 heteroatoms. The lowest BCUT2D eigenvalue weighted by atomic mass is 10.00. The monoisotopic (exact) mass is 260 g/mol.